The molecule has 1 saturated carbocycles. The van der Waals surface area contributed by atoms with E-state index in [0.29, 0.717) is 30.6 Å². The van der Waals surface area contributed by atoms with Crippen molar-refractivity contribution in [3.05, 3.63) is 24.3 Å². The van der Waals surface area contributed by atoms with Crippen LogP contribution in [0.3, 0.4) is 0 Å². The van der Waals surface area contributed by atoms with Crippen LogP contribution in [0.15, 0.2) is 24.3 Å². The third-order valence-corrected chi connectivity index (χ3v) is 4.24. The number of hydrogen-bond donors (Lipinski definition) is 2. The van der Waals surface area contributed by atoms with Gasteiger partial charge in [-0.3, -0.25) is 4.79 Å². The molecule has 1 aliphatic carbocycles. The Morgan fingerprint density at radius 1 is 1.25 bits per heavy atom. The number of urea groups is 1. The van der Waals surface area contributed by atoms with Crippen molar-refractivity contribution in [2.45, 2.75) is 45.1 Å². The van der Waals surface area contributed by atoms with Gasteiger partial charge in [-0.2, -0.15) is 0 Å². The molecule has 3 amide bonds. The highest BCUT2D eigenvalue weighted by molar-refractivity contribution is 5.88. The number of anilines is 1. The quantitative estimate of drug-likeness (QED) is 0.786. The standard InChI is InChI=1S/C18H27N3O3/c1-14(22)20-15-7-6-10-17(13-15)24-12-11-19-18(23)21(2)16-8-4-3-5-9-16/h6-7,10,13,16H,3-5,8-9,11-12H2,1-2H3,(H,19,23)(H,20,22). The highest BCUT2D eigenvalue weighted by atomic mass is 16.5. The highest BCUT2D eigenvalue weighted by Crippen LogP contribution is 2.21. The van der Waals surface area contributed by atoms with E-state index in [9.17, 15) is 9.59 Å². The van der Waals surface area contributed by atoms with Gasteiger partial charge in [0.15, 0.2) is 0 Å². The maximum atomic E-state index is 12.1. The summed E-state index contributed by atoms with van der Waals surface area (Å²) >= 11 is 0. The molecule has 0 aliphatic heterocycles. The fraction of sp³-hybridized carbons (Fsp3) is 0.556. The van der Waals surface area contributed by atoms with Gasteiger partial charge in [-0.25, -0.2) is 4.79 Å². The Labute approximate surface area is 143 Å². The third kappa shape index (κ3) is 5.76. The molecular formula is C18H27N3O3. The first-order valence-corrected chi connectivity index (χ1v) is 8.57. The molecule has 2 rings (SSSR count). The lowest BCUT2D eigenvalue weighted by Gasteiger charge is -2.31. The van der Waals surface area contributed by atoms with Gasteiger partial charge < -0.3 is 20.3 Å². The smallest absolute Gasteiger partial charge is 0.317 e. The maximum absolute atomic E-state index is 12.1. The number of hydrogen-bond acceptors (Lipinski definition) is 3. The van der Waals surface area contributed by atoms with E-state index >= 15 is 0 Å². The minimum Gasteiger partial charge on any atom is -0.492 e. The minimum absolute atomic E-state index is 0.0440. The second kappa shape index (κ2) is 9.15. The molecule has 0 unspecified atom stereocenters. The predicted octanol–water partition coefficient (Wildman–Crippen LogP) is 3.00. The van der Waals surface area contributed by atoms with Gasteiger partial charge in [0.2, 0.25) is 5.91 Å². The summed E-state index contributed by atoms with van der Waals surface area (Å²) in [6.45, 7) is 2.29. The van der Waals surface area contributed by atoms with Crippen molar-refractivity contribution in [1.82, 2.24) is 10.2 Å². The zero-order valence-corrected chi connectivity index (χ0v) is 14.5. The van der Waals surface area contributed by atoms with E-state index in [1.807, 2.05) is 24.1 Å². The van der Waals surface area contributed by atoms with E-state index in [0.717, 1.165) is 12.8 Å². The molecule has 132 valence electrons. The van der Waals surface area contributed by atoms with Crippen LogP contribution in [0.5, 0.6) is 5.75 Å². The van der Waals surface area contributed by atoms with E-state index in [4.69, 9.17) is 4.74 Å². The number of carbonyl (C=O) groups excluding carboxylic acids is 2. The Balaban J connectivity index is 1.70. The first-order valence-electron chi connectivity index (χ1n) is 8.57. The van der Waals surface area contributed by atoms with Crippen molar-refractivity contribution >= 4 is 17.6 Å². The second-order valence-corrected chi connectivity index (χ2v) is 6.19. The predicted molar refractivity (Wildman–Crippen MR) is 94.3 cm³/mol. The Hall–Kier alpha value is -2.24. The van der Waals surface area contributed by atoms with E-state index in [-0.39, 0.29) is 11.9 Å². The van der Waals surface area contributed by atoms with Crippen LogP contribution in [-0.2, 0) is 4.79 Å². The summed E-state index contributed by atoms with van der Waals surface area (Å²) in [6.07, 6.45) is 5.87. The molecule has 0 spiro atoms. The normalized spacial score (nSPS) is 14.8. The second-order valence-electron chi connectivity index (χ2n) is 6.19. The van der Waals surface area contributed by atoms with Crippen LogP contribution in [0, 0.1) is 0 Å². The van der Waals surface area contributed by atoms with Gasteiger partial charge in [0, 0.05) is 31.8 Å². The number of amides is 3. The Bertz CT molecular complexity index is 556. The lowest BCUT2D eigenvalue weighted by Crippen LogP contribution is -2.45. The Morgan fingerprint density at radius 3 is 2.71 bits per heavy atom. The van der Waals surface area contributed by atoms with E-state index in [1.54, 1.807) is 12.1 Å². The molecule has 0 aromatic heterocycles. The van der Waals surface area contributed by atoms with Gasteiger partial charge in [-0.05, 0) is 25.0 Å². The van der Waals surface area contributed by atoms with Crippen LogP contribution in [-0.4, -0.2) is 43.1 Å². The van der Waals surface area contributed by atoms with Crippen molar-refractivity contribution in [2.24, 2.45) is 0 Å². The SMILES string of the molecule is CC(=O)Nc1cccc(OCCNC(=O)N(C)C2CCCCC2)c1. The number of benzene rings is 1. The van der Waals surface area contributed by atoms with Crippen LogP contribution in [0.1, 0.15) is 39.0 Å². The summed E-state index contributed by atoms with van der Waals surface area (Å²) in [6, 6.07) is 7.51. The van der Waals surface area contributed by atoms with Gasteiger partial charge in [-0.15, -0.1) is 0 Å². The lowest BCUT2D eigenvalue weighted by molar-refractivity contribution is -0.114. The summed E-state index contributed by atoms with van der Waals surface area (Å²) in [7, 11) is 1.86. The van der Waals surface area contributed by atoms with Crippen LogP contribution in [0.2, 0.25) is 0 Å². The van der Waals surface area contributed by atoms with Crippen LogP contribution >= 0.6 is 0 Å². The zero-order valence-electron chi connectivity index (χ0n) is 14.5. The molecule has 0 heterocycles. The maximum Gasteiger partial charge on any atom is 0.317 e. The summed E-state index contributed by atoms with van der Waals surface area (Å²) in [5.41, 5.74) is 0.695. The van der Waals surface area contributed by atoms with Crippen LogP contribution in [0.25, 0.3) is 0 Å². The average Bonchev–Trinajstić information content (AvgIpc) is 2.58. The van der Waals surface area contributed by atoms with Crippen molar-refractivity contribution in [1.29, 1.82) is 0 Å². The Kier molecular flexibility index (Phi) is 6.90. The molecule has 0 bridgehead atoms. The van der Waals surface area contributed by atoms with Gasteiger partial charge in [0.05, 0.1) is 6.54 Å². The summed E-state index contributed by atoms with van der Waals surface area (Å²) in [4.78, 5) is 25.0. The fourth-order valence-electron chi connectivity index (χ4n) is 2.95. The lowest BCUT2D eigenvalue weighted by atomic mass is 9.95. The minimum atomic E-state index is -0.120. The third-order valence-electron chi connectivity index (χ3n) is 4.24. The van der Waals surface area contributed by atoms with Gasteiger partial charge in [0.1, 0.15) is 12.4 Å². The van der Waals surface area contributed by atoms with Gasteiger partial charge in [-0.1, -0.05) is 25.3 Å². The van der Waals surface area contributed by atoms with Gasteiger partial charge >= 0.3 is 6.03 Å². The number of ether oxygens (including phenoxy) is 1. The molecule has 6 nitrogen and oxygen atoms in total. The molecular weight excluding hydrogens is 306 g/mol. The number of nitrogens with one attached hydrogen (secondary N) is 2. The molecule has 6 heteroatoms. The molecule has 1 fully saturated rings. The summed E-state index contributed by atoms with van der Waals surface area (Å²) < 4.78 is 5.62. The van der Waals surface area contributed by atoms with Crippen molar-refractivity contribution in [3.8, 4) is 5.75 Å². The molecule has 0 atom stereocenters. The molecule has 0 radical (unpaired) electrons. The van der Waals surface area contributed by atoms with E-state index in [2.05, 4.69) is 10.6 Å². The van der Waals surface area contributed by atoms with Crippen molar-refractivity contribution in [2.75, 3.05) is 25.5 Å². The fourth-order valence-corrected chi connectivity index (χ4v) is 2.95. The molecule has 2 N–H and O–H groups in total. The van der Waals surface area contributed by atoms with Crippen LogP contribution in [0.4, 0.5) is 10.5 Å². The average molecular weight is 333 g/mol. The van der Waals surface area contributed by atoms with Crippen LogP contribution < -0.4 is 15.4 Å². The highest BCUT2D eigenvalue weighted by Gasteiger charge is 2.21. The van der Waals surface area contributed by atoms with Crippen molar-refractivity contribution in [3.63, 3.8) is 0 Å². The van der Waals surface area contributed by atoms with Gasteiger partial charge in [0.25, 0.3) is 0 Å². The largest absolute Gasteiger partial charge is 0.492 e. The zero-order chi connectivity index (χ0) is 17.4. The number of rotatable bonds is 6. The number of nitrogens with zero attached hydrogens (tertiary/aromatic N) is 1. The van der Waals surface area contributed by atoms with E-state index in [1.165, 1.54) is 26.2 Å². The molecule has 1 aliphatic rings. The summed E-state index contributed by atoms with van der Waals surface area (Å²) in [5, 5.41) is 5.60. The molecule has 1 aromatic rings. The van der Waals surface area contributed by atoms with Crippen molar-refractivity contribution < 1.29 is 14.3 Å². The first-order chi connectivity index (χ1) is 11.6. The molecule has 24 heavy (non-hydrogen) atoms. The molecule has 0 saturated heterocycles. The number of carbonyl (C=O) groups is 2. The summed E-state index contributed by atoms with van der Waals surface area (Å²) in [5.74, 6) is 0.543. The Morgan fingerprint density at radius 2 is 2.00 bits per heavy atom. The monoisotopic (exact) mass is 333 g/mol. The first kappa shape index (κ1) is 18.1. The van der Waals surface area contributed by atoms with E-state index < -0.39 is 0 Å². The molecule has 1 aromatic carbocycles. The topological polar surface area (TPSA) is 70.7 Å².